The third kappa shape index (κ3) is 2.29. The summed E-state index contributed by atoms with van der Waals surface area (Å²) in [5.41, 5.74) is 0. The Labute approximate surface area is 92.3 Å². The highest BCUT2D eigenvalue weighted by Gasteiger charge is 2.56. The van der Waals surface area contributed by atoms with Crippen molar-refractivity contribution < 1.29 is 33.5 Å². The van der Waals surface area contributed by atoms with E-state index in [1.807, 2.05) is 0 Å². The predicted molar refractivity (Wildman–Crippen MR) is 51.7 cm³/mol. The Hall–Kier alpha value is -0.0500. The second-order valence-electron chi connectivity index (χ2n) is 3.76. The zero-order valence-corrected chi connectivity index (χ0v) is 9.62. The molecule has 2 aliphatic heterocycles. The summed E-state index contributed by atoms with van der Waals surface area (Å²) < 4.78 is 25.4. The van der Waals surface area contributed by atoms with Gasteiger partial charge in [-0.05, 0) is 0 Å². The molecular formula is C7H16NO7P. The monoisotopic (exact) mass is 257 g/mol. The predicted octanol–water partition coefficient (Wildman–Crippen LogP) is -0.622. The first-order valence-electron chi connectivity index (χ1n) is 4.58. The number of ether oxygens (including phenoxy) is 1. The summed E-state index contributed by atoms with van der Waals surface area (Å²) in [6.45, 7) is 1.53. The molecule has 0 bridgehead atoms. The van der Waals surface area contributed by atoms with Crippen molar-refractivity contribution in [3.63, 3.8) is 0 Å². The smallest absolute Gasteiger partial charge is 0.396 e. The van der Waals surface area contributed by atoms with E-state index in [9.17, 15) is 9.67 Å². The molecule has 96 valence electrons. The molecule has 1 unspecified atom stereocenters. The summed E-state index contributed by atoms with van der Waals surface area (Å²) in [5.74, 6) is -0.295. The summed E-state index contributed by atoms with van der Waals surface area (Å²) in [6, 6.07) is 0. The molecule has 0 spiro atoms. The van der Waals surface area contributed by atoms with Gasteiger partial charge in [-0.3, -0.25) is 9.05 Å². The van der Waals surface area contributed by atoms with Crippen LogP contribution in [0.25, 0.3) is 0 Å². The summed E-state index contributed by atoms with van der Waals surface area (Å²) in [4.78, 5) is 8.97. The average molecular weight is 257 g/mol. The van der Waals surface area contributed by atoms with Crippen LogP contribution < -0.4 is 6.15 Å². The number of aliphatic hydroxyl groups is 2. The second-order valence-corrected chi connectivity index (χ2v) is 5.12. The van der Waals surface area contributed by atoms with Crippen molar-refractivity contribution in [2.75, 3.05) is 6.61 Å². The van der Waals surface area contributed by atoms with Gasteiger partial charge in [-0.2, -0.15) is 0 Å². The van der Waals surface area contributed by atoms with Gasteiger partial charge in [-0.15, -0.1) is 0 Å². The van der Waals surface area contributed by atoms with Crippen LogP contribution in [0.1, 0.15) is 6.92 Å². The van der Waals surface area contributed by atoms with E-state index >= 15 is 0 Å². The Morgan fingerprint density at radius 2 is 2.06 bits per heavy atom. The first-order chi connectivity index (χ1) is 6.94. The molecule has 2 fully saturated rings. The molecule has 2 heterocycles. The Balaban J connectivity index is 0.00000128. The molecule has 0 aromatic rings. The average Bonchev–Trinajstić information content (AvgIpc) is 2.60. The first kappa shape index (κ1) is 14.0. The van der Waals surface area contributed by atoms with Crippen LogP contribution in [0.2, 0.25) is 0 Å². The normalized spacial score (nSPS) is 48.5. The number of phosphoric acid groups is 1. The zero-order chi connectivity index (χ0) is 11.2. The zero-order valence-electron chi connectivity index (χ0n) is 8.72. The maximum absolute atomic E-state index is 11.0. The van der Waals surface area contributed by atoms with Crippen molar-refractivity contribution in [1.29, 1.82) is 0 Å². The number of aliphatic hydroxyl groups excluding tert-OH is 2. The number of phosphoric ester groups is 1. The summed E-state index contributed by atoms with van der Waals surface area (Å²) >= 11 is 0. The molecule has 16 heavy (non-hydrogen) atoms. The number of fused-ring (bicyclic) bond motifs is 1. The van der Waals surface area contributed by atoms with E-state index in [-0.39, 0.29) is 18.7 Å². The topological polar surface area (TPSA) is 140 Å². The lowest BCUT2D eigenvalue weighted by atomic mass is 10.00. The van der Waals surface area contributed by atoms with E-state index in [4.69, 9.17) is 14.7 Å². The molecule has 0 saturated carbocycles. The SMILES string of the molecule is C[C@H](CO)[C@H]1O[C@@H]2OP(=O)(O)O[C@@H]2[C@H]1O.N. The molecule has 0 amide bonds. The highest BCUT2D eigenvalue weighted by molar-refractivity contribution is 7.47. The molecule has 6 N–H and O–H groups in total. The van der Waals surface area contributed by atoms with Crippen molar-refractivity contribution in [3.8, 4) is 0 Å². The Kier molecular flexibility index (Phi) is 4.09. The fourth-order valence-electron chi connectivity index (χ4n) is 1.74. The quantitative estimate of drug-likeness (QED) is 0.479. The van der Waals surface area contributed by atoms with Crippen LogP contribution in [0.15, 0.2) is 0 Å². The molecule has 0 radical (unpaired) electrons. The molecule has 2 rings (SSSR count). The fourth-order valence-corrected chi connectivity index (χ4v) is 2.76. The second kappa shape index (κ2) is 4.67. The minimum Gasteiger partial charge on any atom is -0.396 e. The summed E-state index contributed by atoms with van der Waals surface area (Å²) in [7, 11) is -4.07. The molecular weight excluding hydrogens is 241 g/mol. The molecule has 2 aliphatic rings. The van der Waals surface area contributed by atoms with Crippen molar-refractivity contribution in [1.82, 2.24) is 6.15 Å². The van der Waals surface area contributed by atoms with Crippen molar-refractivity contribution >= 4 is 7.82 Å². The van der Waals surface area contributed by atoms with Crippen LogP contribution in [0.3, 0.4) is 0 Å². The number of hydrogen-bond donors (Lipinski definition) is 4. The summed E-state index contributed by atoms with van der Waals surface area (Å²) in [6.07, 6.45) is -3.71. The van der Waals surface area contributed by atoms with Crippen molar-refractivity contribution in [3.05, 3.63) is 0 Å². The lowest BCUT2D eigenvalue weighted by Crippen LogP contribution is -2.36. The van der Waals surface area contributed by atoms with Crippen LogP contribution in [0.4, 0.5) is 0 Å². The minimum atomic E-state index is -4.07. The van der Waals surface area contributed by atoms with Gasteiger partial charge >= 0.3 is 7.82 Å². The largest absolute Gasteiger partial charge is 0.475 e. The van der Waals surface area contributed by atoms with Crippen LogP contribution in [0, 0.1) is 5.92 Å². The van der Waals surface area contributed by atoms with Crippen LogP contribution in [-0.4, -0.2) is 46.3 Å². The van der Waals surface area contributed by atoms with Gasteiger partial charge in [0.05, 0.1) is 6.10 Å². The van der Waals surface area contributed by atoms with E-state index in [2.05, 4.69) is 9.05 Å². The van der Waals surface area contributed by atoms with Gasteiger partial charge in [0.1, 0.15) is 12.2 Å². The Morgan fingerprint density at radius 3 is 2.56 bits per heavy atom. The van der Waals surface area contributed by atoms with Crippen LogP contribution in [0.5, 0.6) is 0 Å². The molecule has 6 atom stereocenters. The van der Waals surface area contributed by atoms with Crippen molar-refractivity contribution in [2.45, 2.75) is 31.5 Å². The van der Waals surface area contributed by atoms with Gasteiger partial charge in [0.15, 0.2) is 6.29 Å². The fraction of sp³-hybridized carbons (Fsp3) is 1.00. The van der Waals surface area contributed by atoms with Gasteiger partial charge in [-0.25, -0.2) is 4.57 Å². The van der Waals surface area contributed by atoms with Crippen molar-refractivity contribution in [2.24, 2.45) is 5.92 Å². The number of hydrogen-bond acceptors (Lipinski definition) is 7. The highest BCUT2D eigenvalue weighted by atomic mass is 31.2. The highest BCUT2D eigenvalue weighted by Crippen LogP contribution is 2.56. The van der Waals surface area contributed by atoms with E-state index in [0.717, 1.165) is 0 Å². The molecule has 0 aromatic heterocycles. The molecule has 8 nitrogen and oxygen atoms in total. The van der Waals surface area contributed by atoms with E-state index in [1.54, 1.807) is 6.92 Å². The van der Waals surface area contributed by atoms with Gasteiger partial charge in [0.25, 0.3) is 0 Å². The first-order valence-corrected chi connectivity index (χ1v) is 6.08. The molecule has 0 aromatic carbocycles. The van der Waals surface area contributed by atoms with E-state index in [0.29, 0.717) is 0 Å². The Morgan fingerprint density at radius 1 is 1.44 bits per heavy atom. The Bertz CT molecular complexity index is 300. The third-order valence-corrected chi connectivity index (χ3v) is 3.56. The van der Waals surface area contributed by atoms with Gasteiger partial charge < -0.3 is 26.0 Å². The number of rotatable bonds is 2. The maximum Gasteiger partial charge on any atom is 0.475 e. The molecule has 2 saturated heterocycles. The summed E-state index contributed by atoms with van der Waals surface area (Å²) in [5, 5.41) is 18.6. The lowest BCUT2D eigenvalue weighted by Gasteiger charge is -2.21. The van der Waals surface area contributed by atoms with Gasteiger partial charge in [0, 0.05) is 12.5 Å². The van der Waals surface area contributed by atoms with Gasteiger partial charge in [-0.1, -0.05) is 6.92 Å². The van der Waals surface area contributed by atoms with Gasteiger partial charge in [0.2, 0.25) is 0 Å². The minimum absolute atomic E-state index is 0. The standard InChI is InChI=1S/C7H13O7P.H3N/c1-3(2-8)5-4(9)6-7(12-5)14-15(10,11)13-6;/h3-9H,2H2,1H3,(H,10,11);1H3/t3-,4+,5-,6-,7-;/m1./s1. The van der Waals surface area contributed by atoms with Crippen LogP contribution in [-0.2, 0) is 18.3 Å². The molecule has 9 heteroatoms. The molecule has 0 aliphatic carbocycles. The van der Waals surface area contributed by atoms with Crippen LogP contribution >= 0.6 is 7.82 Å². The van der Waals surface area contributed by atoms with E-state index < -0.39 is 32.4 Å². The maximum atomic E-state index is 11.0. The lowest BCUT2D eigenvalue weighted by molar-refractivity contribution is -0.0998. The van der Waals surface area contributed by atoms with E-state index in [1.165, 1.54) is 0 Å². The third-order valence-electron chi connectivity index (χ3n) is 2.57.